The molecular weight excluding hydrogens is 172 g/mol. The maximum Gasteiger partial charge on any atom is 0.0403 e. The van der Waals surface area contributed by atoms with Crippen LogP contribution in [0.3, 0.4) is 0 Å². The molecule has 2 N–H and O–H groups in total. The van der Waals surface area contributed by atoms with E-state index in [1.165, 1.54) is 37.8 Å². The molecular formula is C12H20N2. The van der Waals surface area contributed by atoms with Crippen molar-refractivity contribution in [3.63, 3.8) is 0 Å². The molecule has 1 heterocycles. The molecule has 0 saturated carbocycles. The zero-order chi connectivity index (χ0) is 10.1. The molecule has 1 aromatic heterocycles. The van der Waals surface area contributed by atoms with Crippen molar-refractivity contribution in [2.75, 3.05) is 6.54 Å². The van der Waals surface area contributed by atoms with Crippen LogP contribution in [0.1, 0.15) is 37.8 Å². The van der Waals surface area contributed by atoms with Gasteiger partial charge in [-0.1, -0.05) is 25.3 Å². The van der Waals surface area contributed by atoms with Gasteiger partial charge in [-0.15, -0.1) is 0 Å². The summed E-state index contributed by atoms with van der Waals surface area (Å²) in [6, 6.07) is 6.11. The molecule has 0 aliphatic rings. The van der Waals surface area contributed by atoms with Crippen LogP contribution in [0.2, 0.25) is 0 Å². The average molecular weight is 192 g/mol. The van der Waals surface area contributed by atoms with Crippen LogP contribution in [0.25, 0.3) is 0 Å². The van der Waals surface area contributed by atoms with Crippen molar-refractivity contribution in [3.8, 4) is 0 Å². The van der Waals surface area contributed by atoms with Gasteiger partial charge in [0.15, 0.2) is 0 Å². The van der Waals surface area contributed by atoms with E-state index in [4.69, 9.17) is 5.73 Å². The number of aromatic nitrogens is 1. The summed E-state index contributed by atoms with van der Waals surface area (Å²) < 4.78 is 0. The van der Waals surface area contributed by atoms with Gasteiger partial charge in [0, 0.05) is 11.9 Å². The largest absolute Gasteiger partial charge is 0.330 e. The maximum atomic E-state index is 5.42. The Morgan fingerprint density at radius 3 is 2.50 bits per heavy atom. The van der Waals surface area contributed by atoms with Gasteiger partial charge in [-0.3, -0.25) is 4.98 Å². The van der Waals surface area contributed by atoms with Crippen LogP contribution in [-0.4, -0.2) is 11.5 Å². The number of nitrogens with two attached hydrogens (primary N) is 1. The fourth-order valence-corrected chi connectivity index (χ4v) is 1.53. The predicted octanol–water partition coefficient (Wildman–Crippen LogP) is 2.53. The van der Waals surface area contributed by atoms with Crippen LogP contribution in [0.4, 0.5) is 0 Å². The molecule has 0 aliphatic heterocycles. The van der Waals surface area contributed by atoms with Gasteiger partial charge < -0.3 is 5.73 Å². The molecule has 1 aromatic rings. The minimum atomic E-state index is 0.834. The number of pyridine rings is 1. The van der Waals surface area contributed by atoms with Crippen molar-refractivity contribution in [3.05, 3.63) is 30.1 Å². The van der Waals surface area contributed by atoms with E-state index in [-0.39, 0.29) is 0 Å². The molecule has 0 fully saturated rings. The molecule has 78 valence electrons. The summed E-state index contributed by atoms with van der Waals surface area (Å²) in [6.07, 6.45) is 9.29. The molecule has 14 heavy (non-hydrogen) atoms. The number of nitrogens with zero attached hydrogens (tertiary/aromatic N) is 1. The summed E-state index contributed by atoms with van der Waals surface area (Å²) in [7, 11) is 0. The Hall–Kier alpha value is -0.890. The first-order valence-electron chi connectivity index (χ1n) is 5.53. The smallest absolute Gasteiger partial charge is 0.0403 e. The minimum Gasteiger partial charge on any atom is -0.330 e. The molecule has 0 radical (unpaired) electrons. The third-order valence-corrected chi connectivity index (χ3v) is 2.36. The SMILES string of the molecule is NCCCCCCCc1ccccn1. The molecule has 0 spiro atoms. The molecule has 0 aromatic carbocycles. The first-order chi connectivity index (χ1) is 6.93. The highest BCUT2D eigenvalue weighted by Gasteiger charge is 1.93. The zero-order valence-electron chi connectivity index (χ0n) is 8.78. The lowest BCUT2D eigenvalue weighted by Gasteiger charge is -2.00. The maximum absolute atomic E-state index is 5.42. The Morgan fingerprint density at radius 1 is 1.00 bits per heavy atom. The Labute approximate surface area is 86.5 Å². The van der Waals surface area contributed by atoms with E-state index in [0.29, 0.717) is 0 Å². The highest BCUT2D eigenvalue weighted by atomic mass is 14.7. The second kappa shape index (κ2) is 7.51. The van der Waals surface area contributed by atoms with Crippen molar-refractivity contribution in [1.29, 1.82) is 0 Å². The van der Waals surface area contributed by atoms with Crippen LogP contribution in [0.15, 0.2) is 24.4 Å². The molecule has 2 nitrogen and oxygen atoms in total. The third-order valence-electron chi connectivity index (χ3n) is 2.36. The normalized spacial score (nSPS) is 10.4. The Kier molecular flexibility index (Phi) is 6.00. The van der Waals surface area contributed by atoms with Crippen LogP contribution in [0.5, 0.6) is 0 Å². The number of hydrogen-bond donors (Lipinski definition) is 1. The first kappa shape index (κ1) is 11.2. The lowest BCUT2D eigenvalue weighted by molar-refractivity contribution is 0.615. The zero-order valence-corrected chi connectivity index (χ0v) is 8.78. The summed E-state index contributed by atoms with van der Waals surface area (Å²) in [4.78, 5) is 4.29. The van der Waals surface area contributed by atoms with Crippen molar-refractivity contribution in [2.24, 2.45) is 5.73 Å². The van der Waals surface area contributed by atoms with E-state index in [1.54, 1.807) is 0 Å². The van der Waals surface area contributed by atoms with Gasteiger partial charge in [0.25, 0.3) is 0 Å². The monoisotopic (exact) mass is 192 g/mol. The van der Waals surface area contributed by atoms with Crippen LogP contribution < -0.4 is 5.73 Å². The second-order valence-corrected chi connectivity index (χ2v) is 3.63. The summed E-state index contributed by atoms with van der Waals surface area (Å²) in [6.45, 7) is 0.834. The number of rotatable bonds is 7. The van der Waals surface area contributed by atoms with E-state index in [9.17, 15) is 0 Å². The third kappa shape index (κ3) is 4.97. The molecule has 0 unspecified atom stereocenters. The topological polar surface area (TPSA) is 38.9 Å². The van der Waals surface area contributed by atoms with E-state index < -0.39 is 0 Å². The molecule has 0 saturated heterocycles. The lowest BCUT2D eigenvalue weighted by Crippen LogP contribution is -1.97. The molecule has 0 amide bonds. The van der Waals surface area contributed by atoms with Gasteiger partial charge in [0.2, 0.25) is 0 Å². The van der Waals surface area contributed by atoms with Gasteiger partial charge in [-0.25, -0.2) is 0 Å². The fourth-order valence-electron chi connectivity index (χ4n) is 1.53. The van der Waals surface area contributed by atoms with E-state index >= 15 is 0 Å². The highest BCUT2D eigenvalue weighted by molar-refractivity contribution is 5.03. The predicted molar refractivity (Wildman–Crippen MR) is 60.1 cm³/mol. The van der Waals surface area contributed by atoms with E-state index in [0.717, 1.165) is 13.0 Å². The molecule has 0 atom stereocenters. The minimum absolute atomic E-state index is 0.834. The number of hydrogen-bond acceptors (Lipinski definition) is 2. The Morgan fingerprint density at radius 2 is 1.79 bits per heavy atom. The highest BCUT2D eigenvalue weighted by Crippen LogP contribution is 2.06. The van der Waals surface area contributed by atoms with E-state index in [2.05, 4.69) is 17.1 Å². The second-order valence-electron chi connectivity index (χ2n) is 3.63. The standard InChI is InChI=1S/C12H20N2/c13-10-6-3-1-2-4-8-12-9-5-7-11-14-12/h5,7,9,11H,1-4,6,8,10,13H2. The molecule has 1 rings (SSSR count). The van der Waals surface area contributed by atoms with Crippen LogP contribution >= 0.6 is 0 Å². The van der Waals surface area contributed by atoms with Crippen molar-refractivity contribution in [1.82, 2.24) is 4.98 Å². The van der Waals surface area contributed by atoms with E-state index in [1.807, 2.05) is 12.3 Å². The summed E-state index contributed by atoms with van der Waals surface area (Å²) in [5.74, 6) is 0. The Bertz CT molecular complexity index is 221. The lowest BCUT2D eigenvalue weighted by atomic mass is 10.1. The van der Waals surface area contributed by atoms with Crippen LogP contribution in [0, 0.1) is 0 Å². The summed E-state index contributed by atoms with van der Waals surface area (Å²) >= 11 is 0. The molecule has 0 aliphatic carbocycles. The van der Waals surface area contributed by atoms with Crippen molar-refractivity contribution < 1.29 is 0 Å². The average Bonchev–Trinajstić information content (AvgIpc) is 2.25. The molecule has 0 bridgehead atoms. The van der Waals surface area contributed by atoms with Gasteiger partial charge in [0.1, 0.15) is 0 Å². The molecule has 2 heteroatoms. The van der Waals surface area contributed by atoms with Crippen molar-refractivity contribution >= 4 is 0 Å². The van der Waals surface area contributed by atoms with Crippen molar-refractivity contribution in [2.45, 2.75) is 38.5 Å². The van der Waals surface area contributed by atoms with Gasteiger partial charge in [0.05, 0.1) is 0 Å². The number of unbranched alkanes of at least 4 members (excludes halogenated alkanes) is 4. The van der Waals surface area contributed by atoms with Gasteiger partial charge in [-0.05, 0) is 37.9 Å². The first-order valence-corrected chi connectivity index (χ1v) is 5.53. The summed E-state index contributed by atoms with van der Waals surface area (Å²) in [5, 5.41) is 0. The Balaban J connectivity index is 1.99. The quantitative estimate of drug-likeness (QED) is 0.674. The fraction of sp³-hybridized carbons (Fsp3) is 0.583. The van der Waals surface area contributed by atoms with Gasteiger partial charge >= 0.3 is 0 Å². The van der Waals surface area contributed by atoms with Crippen LogP contribution in [-0.2, 0) is 6.42 Å². The van der Waals surface area contributed by atoms with Gasteiger partial charge in [-0.2, -0.15) is 0 Å². The summed E-state index contributed by atoms with van der Waals surface area (Å²) in [5.41, 5.74) is 6.64. The number of aryl methyl sites for hydroxylation is 1.